The van der Waals surface area contributed by atoms with Gasteiger partial charge in [0.1, 0.15) is 0 Å². The lowest BCUT2D eigenvalue weighted by Gasteiger charge is -2.17. The van der Waals surface area contributed by atoms with Gasteiger partial charge in [0, 0.05) is 24.4 Å². The molecule has 0 atom stereocenters. The van der Waals surface area contributed by atoms with Gasteiger partial charge in [-0.2, -0.15) is 5.26 Å². The Morgan fingerprint density at radius 3 is 2.44 bits per heavy atom. The molecule has 0 spiro atoms. The molecular weight excluding hydrogens is 196 g/mol. The molecule has 0 unspecified atom stereocenters. The van der Waals surface area contributed by atoms with E-state index in [0.717, 1.165) is 11.1 Å². The van der Waals surface area contributed by atoms with Crippen molar-refractivity contribution in [1.82, 2.24) is 0 Å². The van der Waals surface area contributed by atoms with E-state index in [1.165, 1.54) is 31.6 Å². The van der Waals surface area contributed by atoms with E-state index >= 15 is 0 Å². The van der Waals surface area contributed by atoms with Crippen LogP contribution in [0, 0.1) is 11.3 Å². The lowest BCUT2D eigenvalue weighted by molar-refractivity contribution is 0.949. The Morgan fingerprint density at radius 1 is 1.25 bits per heavy atom. The van der Waals surface area contributed by atoms with Crippen molar-refractivity contribution in [1.29, 1.82) is 5.26 Å². The molecule has 0 saturated carbocycles. The second-order valence-corrected chi connectivity index (χ2v) is 4.22. The van der Waals surface area contributed by atoms with Crippen LogP contribution in [0.25, 0.3) is 6.08 Å². The number of rotatable bonds is 2. The summed E-state index contributed by atoms with van der Waals surface area (Å²) >= 11 is 0. The summed E-state index contributed by atoms with van der Waals surface area (Å²) in [7, 11) is 0. The van der Waals surface area contributed by atoms with Crippen LogP contribution in [-0.4, -0.2) is 13.1 Å². The average Bonchev–Trinajstić information content (AvgIpc) is 2.83. The lowest BCUT2D eigenvalue weighted by atomic mass is 10.1. The predicted octanol–water partition coefficient (Wildman–Crippen LogP) is 3.21. The molecule has 1 aromatic carbocycles. The van der Waals surface area contributed by atoms with Gasteiger partial charge < -0.3 is 4.90 Å². The van der Waals surface area contributed by atoms with Crippen LogP contribution < -0.4 is 4.90 Å². The molecule has 2 heteroatoms. The normalized spacial score (nSPS) is 16.2. The fourth-order valence-electron chi connectivity index (χ4n) is 2.04. The van der Waals surface area contributed by atoms with Crippen LogP contribution in [0.5, 0.6) is 0 Å². The van der Waals surface area contributed by atoms with Crippen LogP contribution in [-0.2, 0) is 0 Å². The zero-order chi connectivity index (χ0) is 11.4. The maximum Gasteiger partial charge on any atom is 0.0944 e. The minimum atomic E-state index is 0.744. The van der Waals surface area contributed by atoms with Crippen LogP contribution >= 0.6 is 0 Å². The number of hydrogen-bond acceptors (Lipinski definition) is 2. The highest BCUT2D eigenvalue weighted by Crippen LogP contribution is 2.21. The second-order valence-electron chi connectivity index (χ2n) is 4.22. The van der Waals surface area contributed by atoms with Gasteiger partial charge in [-0.1, -0.05) is 12.1 Å². The van der Waals surface area contributed by atoms with Crippen LogP contribution in [0.2, 0.25) is 0 Å². The topological polar surface area (TPSA) is 27.0 Å². The first-order valence-corrected chi connectivity index (χ1v) is 5.73. The monoisotopic (exact) mass is 212 g/mol. The van der Waals surface area contributed by atoms with Gasteiger partial charge in [0.2, 0.25) is 0 Å². The Bertz CT molecular complexity index is 417. The van der Waals surface area contributed by atoms with Crippen LogP contribution in [0.15, 0.2) is 29.8 Å². The quantitative estimate of drug-likeness (QED) is 0.704. The highest BCUT2D eigenvalue weighted by Gasteiger charge is 2.11. The Morgan fingerprint density at radius 2 is 1.88 bits per heavy atom. The Kier molecular flexibility index (Phi) is 3.26. The molecule has 1 aliphatic heterocycles. The zero-order valence-electron chi connectivity index (χ0n) is 9.61. The van der Waals surface area contributed by atoms with E-state index in [9.17, 15) is 0 Å². The highest BCUT2D eigenvalue weighted by atomic mass is 15.1. The lowest BCUT2D eigenvalue weighted by Crippen LogP contribution is -2.17. The van der Waals surface area contributed by atoms with Crippen LogP contribution in [0.3, 0.4) is 0 Å². The number of nitrogens with zero attached hydrogens (tertiary/aromatic N) is 2. The Hall–Kier alpha value is -1.75. The molecule has 0 radical (unpaired) electrons. The molecule has 1 aliphatic rings. The molecule has 1 aromatic rings. The van der Waals surface area contributed by atoms with Gasteiger partial charge in [-0.15, -0.1) is 0 Å². The zero-order valence-corrected chi connectivity index (χ0v) is 9.61. The van der Waals surface area contributed by atoms with E-state index < -0.39 is 0 Å². The minimum absolute atomic E-state index is 0.744. The van der Waals surface area contributed by atoms with E-state index in [1.807, 2.05) is 13.0 Å². The third-order valence-corrected chi connectivity index (χ3v) is 2.92. The summed E-state index contributed by atoms with van der Waals surface area (Å²) in [5.41, 5.74) is 3.14. The van der Waals surface area contributed by atoms with E-state index in [0.29, 0.717) is 0 Å². The number of hydrogen-bond donors (Lipinski definition) is 0. The molecule has 1 heterocycles. The van der Waals surface area contributed by atoms with E-state index in [2.05, 4.69) is 35.2 Å². The molecule has 16 heavy (non-hydrogen) atoms. The van der Waals surface area contributed by atoms with Crippen molar-refractivity contribution < 1.29 is 0 Å². The van der Waals surface area contributed by atoms with Crippen LogP contribution in [0.1, 0.15) is 25.3 Å². The first-order chi connectivity index (χ1) is 7.79. The predicted molar refractivity (Wildman–Crippen MR) is 67.2 cm³/mol. The summed E-state index contributed by atoms with van der Waals surface area (Å²) in [6.07, 6.45) is 4.51. The molecule has 0 N–H and O–H groups in total. The van der Waals surface area contributed by atoms with Crippen molar-refractivity contribution in [3.05, 3.63) is 35.4 Å². The average molecular weight is 212 g/mol. The van der Waals surface area contributed by atoms with Crippen molar-refractivity contribution >= 4 is 11.8 Å². The van der Waals surface area contributed by atoms with Crippen LogP contribution in [0.4, 0.5) is 5.69 Å². The molecule has 2 nitrogen and oxygen atoms in total. The molecule has 1 fully saturated rings. The summed E-state index contributed by atoms with van der Waals surface area (Å²) in [5, 5.41) is 8.70. The van der Waals surface area contributed by atoms with Gasteiger partial charge in [0.25, 0.3) is 0 Å². The first kappa shape index (κ1) is 10.8. The van der Waals surface area contributed by atoms with Crippen molar-refractivity contribution in [2.45, 2.75) is 19.8 Å². The smallest absolute Gasteiger partial charge is 0.0944 e. The van der Waals surface area contributed by atoms with Gasteiger partial charge in [-0.25, -0.2) is 0 Å². The largest absolute Gasteiger partial charge is 0.372 e. The maximum absolute atomic E-state index is 8.70. The molecule has 0 aliphatic carbocycles. The Balaban J connectivity index is 2.13. The van der Waals surface area contributed by atoms with Crippen molar-refractivity contribution in [2.75, 3.05) is 18.0 Å². The molecule has 0 amide bonds. The second kappa shape index (κ2) is 4.85. The number of allylic oxidation sites excluding steroid dienone is 1. The van der Waals surface area contributed by atoms with Gasteiger partial charge >= 0.3 is 0 Å². The number of nitriles is 1. The van der Waals surface area contributed by atoms with Crippen molar-refractivity contribution in [3.8, 4) is 6.07 Å². The van der Waals surface area contributed by atoms with Crippen molar-refractivity contribution in [2.24, 2.45) is 0 Å². The van der Waals surface area contributed by atoms with Gasteiger partial charge in [0.15, 0.2) is 0 Å². The van der Waals surface area contributed by atoms with Crippen molar-refractivity contribution in [3.63, 3.8) is 0 Å². The van der Waals surface area contributed by atoms with E-state index in [4.69, 9.17) is 5.26 Å². The number of anilines is 1. The Labute approximate surface area is 96.8 Å². The molecule has 0 aromatic heterocycles. The summed E-state index contributed by atoms with van der Waals surface area (Å²) in [5.74, 6) is 0. The SMILES string of the molecule is C/C(C#N)=C/c1ccc(N2CCCC2)cc1. The first-order valence-electron chi connectivity index (χ1n) is 5.73. The minimum Gasteiger partial charge on any atom is -0.372 e. The molecule has 1 saturated heterocycles. The standard InChI is InChI=1S/C14H16N2/c1-12(11-15)10-13-4-6-14(7-5-13)16-8-2-3-9-16/h4-7,10H,2-3,8-9H2,1H3/b12-10-. The summed E-state index contributed by atoms with van der Waals surface area (Å²) in [6.45, 7) is 4.17. The summed E-state index contributed by atoms with van der Waals surface area (Å²) < 4.78 is 0. The fraction of sp³-hybridized carbons (Fsp3) is 0.357. The van der Waals surface area contributed by atoms with Gasteiger partial charge in [-0.3, -0.25) is 0 Å². The molecule has 0 bridgehead atoms. The summed E-state index contributed by atoms with van der Waals surface area (Å²) in [4.78, 5) is 2.41. The third kappa shape index (κ3) is 2.43. The fourth-order valence-corrected chi connectivity index (χ4v) is 2.04. The van der Waals surface area contributed by atoms with Gasteiger partial charge in [-0.05, 0) is 43.5 Å². The molecular formula is C14H16N2. The van der Waals surface area contributed by atoms with E-state index in [1.54, 1.807) is 0 Å². The van der Waals surface area contributed by atoms with E-state index in [-0.39, 0.29) is 0 Å². The molecule has 2 rings (SSSR count). The third-order valence-electron chi connectivity index (χ3n) is 2.92. The summed E-state index contributed by atoms with van der Waals surface area (Å²) in [6, 6.07) is 10.6. The highest BCUT2D eigenvalue weighted by molar-refractivity contribution is 5.60. The van der Waals surface area contributed by atoms with Gasteiger partial charge in [0.05, 0.1) is 6.07 Å². The number of benzene rings is 1. The maximum atomic E-state index is 8.70. The molecule has 82 valence electrons.